The highest BCUT2D eigenvalue weighted by atomic mass is 79.9. The number of nitrogen functional groups attached to an aromatic ring is 1. The van der Waals surface area contributed by atoms with Crippen molar-refractivity contribution in [1.82, 2.24) is 0 Å². The first-order valence-corrected chi connectivity index (χ1v) is 4.36. The van der Waals surface area contributed by atoms with E-state index < -0.39 is 0 Å². The summed E-state index contributed by atoms with van der Waals surface area (Å²) >= 11 is 3.29. The summed E-state index contributed by atoms with van der Waals surface area (Å²) < 4.78 is 0.787. The molecule has 0 heterocycles. The Morgan fingerprint density at radius 1 is 1.42 bits per heavy atom. The molecule has 66 valence electrons. The van der Waals surface area contributed by atoms with Gasteiger partial charge in [-0.15, -0.1) is 0 Å². The SMILES string of the molecule is NCc1cc(Br)c(N)c(CO)c1. The van der Waals surface area contributed by atoms with Gasteiger partial charge in [0, 0.05) is 16.6 Å². The molecule has 1 aromatic carbocycles. The molecule has 0 aliphatic heterocycles. The molecular formula is C8H11BrN2O. The Bertz CT molecular complexity index is 289. The van der Waals surface area contributed by atoms with E-state index in [-0.39, 0.29) is 6.61 Å². The van der Waals surface area contributed by atoms with Crippen LogP contribution in [0.2, 0.25) is 0 Å². The largest absolute Gasteiger partial charge is 0.398 e. The van der Waals surface area contributed by atoms with Crippen molar-refractivity contribution in [3.8, 4) is 0 Å². The average Bonchev–Trinajstić information content (AvgIpc) is 2.09. The van der Waals surface area contributed by atoms with Gasteiger partial charge in [-0.05, 0) is 27.6 Å². The number of nitrogens with two attached hydrogens (primary N) is 2. The maximum atomic E-state index is 8.92. The number of anilines is 1. The number of hydrogen-bond donors (Lipinski definition) is 3. The summed E-state index contributed by atoms with van der Waals surface area (Å²) in [4.78, 5) is 0. The van der Waals surface area contributed by atoms with E-state index in [4.69, 9.17) is 16.6 Å². The van der Waals surface area contributed by atoms with Crippen molar-refractivity contribution in [1.29, 1.82) is 0 Å². The van der Waals surface area contributed by atoms with Crippen LogP contribution in [0.25, 0.3) is 0 Å². The normalized spacial score (nSPS) is 10.2. The van der Waals surface area contributed by atoms with Crippen LogP contribution in [0, 0.1) is 0 Å². The van der Waals surface area contributed by atoms with Crippen LogP contribution < -0.4 is 11.5 Å². The van der Waals surface area contributed by atoms with Gasteiger partial charge in [0.15, 0.2) is 0 Å². The van der Waals surface area contributed by atoms with E-state index in [1.54, 1.807) is 6.07 Å². The monoisotopic (exact) mass is 230 g/mol. The van der Waals surface area contributed by atoms with Crippen molar-refractivity contribution in [2.24, 2.45) is 5.73 Å². The van der Waals surface area contributed by atoms with Gasteiger partial charge in [0.2, 0.25) is 0 Å². The van der Waals surface area contributed by atoms with Crippen LogP contribution in [0.4, 0.5) is 5.69 Å². The Labute approximate surface area is 79.5 Å². The molecular weight excluding hydrogens is 220 g/mol. The predicted octanol–water partition coefficient (Wildman–Crippen LogP) is 0.982. The summed E-state index contributed by atoms with van der Waals surface area (Å²) in [6.45, 7) is 0.393. The predicted molar refractivity (Wildman–Crippen MR) is 52.4 cm³/mol. The lowest BCUT2D eigenvalue weighted by molar-refractivity contribution is 0.282. The molecule has 3 nitrogen and oxygen atoms in total. The van der Waals surface area contributed by atoms with Crippen molar-refractivity contribution >= 4 is 21.6 Å². The fraction of sp³-hybridized carbons (Fsp3) is 0.250. The number of aliphatic hydroxyl groups is 1. The van der Waals surface area contributed by atoms with Crippen LogP contribution in [0.3, 0.4) is 0 Å². The Hall–Kier alpha value is -0.580. The van der Waals surface area contributed by atoms with Crippen molar-refractivity contribution in [2.45, 2.75) is 13.2 Å². The van der Waals surface area contributed by atoms with Crippen LogP contribution in [0.1, 0.15) is 11.1 Å². The summed E-state index contributed by atoms with van der Waals surface area (Å²) in [6, 6.07) is 3.66. The van der Waals surface area contributed by atoms with Gasteiger partial charge in [0.05, 0.1) is 12.3 Å². The maximum Gasteiger partial charge on any atom is 0.0702 e. The lowest BCUT2D eigenvalue weighted by Gasteiger charge is -2.07. The molecule has 1 rings (SSSR count). The summed E-state index contributed by atoms with van der Waals surface area (Å²) in [7, 11) is 0. The second kappa shape index (κ2) is 3.89. The summed E-state index contributed by atoms with van der Waals surface area (Å²) in [6.07, 6.45) is 0. The topological polar surface area (TPSA) is 72.3 Å². The van der Waals surface area contributed by atoms with E-state index in [0.717, 1.165) is 10.0 Å². The molecule has 0 saturated carbocycles. The molecule has 12 heavy (non-hydrogen) atoms. The van der Waals surface area contributed by atoms with Crippen LogP contribution in [0.15, 0.2) is 16.6 Å². The van der Waals surface area contributed by atoms with Crippen molar-refractivity contribution in [3.63, 3.8) is 0 Å². The molecule has 0 aromatic heterocycles. The zero-order chi connectivity index (χ0) is 9.14. The first-order valence-electron chi connectivity index (χ1n) is 3.56. The second-order valence-electron chi connectivity index (χ2n) is 2.51. The zero-order valence-corrected chi connectivity index (χ0v) is 8.13. The van der Waals surface area contributed by atoms with Gasteiger partial charge in [0.25, 0.3) is 0 Å². The van der Waals surface area contributed by atoms with Gasteiger partial charge in [-0.25, -0.2) is 0 Å². The van der Waals surface area contributed by atoms with Crippen molar-refractivity contribution in [3.05, 3.63) is 27.7 Å². The molecule has 0 fully saturated rings. The average molecular weight is 231 g/mol. The van der Waals surface area contributed by atoms with Gasteiger partial charge >= 0.3 is 0 Å². The van der Waals surface area contributed by atoms with E-state index in [1.807, 2.05) is 6.07 Å². The molecule has 0 unspecified atom stereocenters. The fourth-order valence-electron chi connectivity index (χ4n) is 0.986. The second-order valence-corrected chi connectivity index (χ2v) is 3.37. The molecule has 0 amide bonds. The van der Waals surface area contributed by atoms with Gasteiger partial charge in [-0.2, -0.15) is 0 Å². The highest BCUT2D eigenvalue weighted by molar-refractivity contribution is 9.10. The maximum absolute atomic E-state index is 8.92. The van der Waals surface area contributed by atoms with E-state index in [9.17, 15) is 0 Å². The van der Waals surface area contributed by atoms with Gasteiger partial charge in [-0.1, -0.05) is 6.07 Å². The molecule has 1 aromatic rings. The smallest absolute Gasteiger partial charge is 0.0702 e. The van der Waals surface area contributed by atoms with Gasteiger partial charge in [-0.3, -0.25) is 0 Å². The third-order valence-electron chi connectivity index (χ3n) is 1.68. The van der Waals surface area contributed by atoms with E-state index in [2.05, 4.69) is 15.9 Å². The molecule has 0 radical (unpaired) electrons. The number of rotatable bonds is 2. The van der Waals surface area contributed by atoms with Crippen LogP contribution in [0.5, 0.6) is 0 Å². The first kappa shape index (κ1) is 9.51. The number of aliphatic hydroxyl groups excluding tert-OH is 1. The minimum absolute atomic E-state index is 0.0573. The summed E-state index contributed by atoms with van der Waals surface area (Å²) in [5.41, 5.74) is 13.4. The highest BCUT2D eigenvalue weighted by Crippen LogP contribution is 2.25. The Balaban J connectivity index is 3.19. The molecule has 5 N–H and O–H groups in total. The van der Waals surface area contributed by atoms with Gasteiger partial charge in [0.1, 0.15) is 0 Å². The number of hydrogen-bond acceptors (Lipinski definition) is 3. The Morgan fingerprint density at radius 3 is 2.58 bits per heavy atom. The van der Waals surface area contributed by atoms with E-state index in [1.165, 1.54) is 0 Å². The third kappa shape index (κ3) is 1.77. The third-order valence-corrected chi connectivity index (χ3v) is 2.34. The Kier molecular flexibility index (Phi) is 3.08. The minimum atomic E-state index is -0.0573. The standard InChI is InChI=1S/C8H11BrN2O/c9-7-2-5(3-10)1-6(4-12)8(7)11/h1-2,12H,3-4,10-11H2. The molecule has 4 heteroatoms. The van der Waals surface area contributed by atoms with Crippen molar-refractivity contribution < 1.29 is 5.11 Å². The van der Waals surface area contributed by atoms with Crippen LogP contribution >= 0.6 is 15.9 Å². The first-order chi connectivity index (χ1) is 5.69. The molecule has 0 spiro atoms. The lowest BCUT2D eigenvalue weighted by atomic mass is 10.1. The number of benzene rings is 1. The molecule has 0 bridgehead atoms. The number of halogens is 1. The van der Waals surface area contributed by atoms with Crippen LogP contribution in [-0.2, 0) is 13.2 Å². The molecule has 0 aliphatic carbocycles. The molecule has 0 aliphatic rings. The summed E-state index contributed by atoms with van der Waals surface area (Å²) in [5, 5.41) is 8.92. The van der Waals surface area contributed by atoms with E-state index >= 15 is 0 Å². The Morgan fingerprint density at radius 2 is 2.08 bits per heavy atom. The minimum Gasteiger partial charge on any atom is -0.398 e. The zero-order valence-electron chi connectivity index (χ0n) is 6.55. The molecule has 0 saturated heterocycles. The van der Waals surface area contributed by atoms with E-state index in [0.29, 0.717) is 17.8 Å². The quantitative estimate of drug-likeness (QED) is 0.664. The lowest BCUT2D eigenvalue weighted by Crippen LogP contribution is -2.01. The molecule has 0 atom stereocenters. The van der Waals surface area contributed by atoms with Crippen molar-refractivity contribution in [2.75, 3.05) is 5.73 Å². The summed E-state index contributed by atoms with van der Waals surface area (Å²) in [5.74, 6) is 0. The van der Waals surface area contributed by atoms with Gasteiger partial charge < -0.3 is 16.6 Å². The highest BCUT2D eigenvalue weighted by Gasteiger charge is 2.03. The van der Waals surface area contributed by atoms with Crippen LogP contribution in [-0.4, -0.2) is 5.11 Å². The fourth-order valence-corrected chi connectivity index (χ4v) is 1.53.